The molecule has 1 aliphatic heterocycles. The number of amides is 1. The van der Waals surface area contributed by atoms with Gasteiger partial charge < -0.3 is 9.64 Å². The summed E-state index contributed by atoms with van der Waals surface area (Å²) in [5, 5.41) is 10.8. The fourth-order valence-electron chi connectivity index (χ4n) is 2.22. The zero-order valence-electron chi connectivity index (χ0n) is 11.8. The number of likely N-dealkylation sites (tertiary alicyclic amines) is 1. The van der Waals surface area contributed by atoms with E-state index in [2.05, 4.69) is 15.9 Å². The molecule has 1 heterocycles. The number of hydrogen-bond donors (Lipinski definition) is 0. The number of rotatable bonds is 4. The highest BCUT2D eigenvalue weighted by Crippen LogP contribution is 2.25. The van der Waals surface area contributed by atoms with E-state index < -0.39 is 10.9 Å². The first kappa shape index (κ1) is 16.4. The Morgan fingerprint density at radius 3 is 2.59 bits per heavy atom. The minimum atomic E-state index is -0.749. The van der Waals surface area contributed by atoms with Gasteiger partial charge in [-0.25, -0.2) is 4.79 Å². The van der Waals surface area contributed by atoms with Crippen LogP contribution in [0.5, 0.6) is 0 Å². The van der Waals surface area contributed by atoms with Gasteiger partial charge in [0.15, 0.2) is 6.61 Å². The zero-order chi connectivity index (χ0) is 16.1. The second-order valence-corrected chi connectivity index (χ2v) is 5.80. The Bertz CT molecular complexity index is 599. The fraction of sp³-hybridized carbons (Fsp3) is 0.429. The maximum Gasteiger partial charge on any atom is 0.338 e. The van der Waals surface area contributed by atoms with Crippen molar-refractivity contribution >= 4 is 33.5 Å². The lowest BCUT2D eigenvalue weighted by Crippen LogP contribution is -2.38. The van der Waals surface area contributed by atoms with E-state index in [1.165, 1.54) is 12.1 Å². The summed E-state index contributed by atoms with van der Waals surface area (Å²) >= 11 is 3.04. The van der Waals surface area contributed by atoms with Crippen LogP contribution in [0.25, 0.3) is 0 Å². The highest BCUT2D eigenvalue weighted by Gasteiger charge is 2.20. The molecule has 22 heavy (non-hydrogen) atoms. The van der Waals surface area contributed by atoms with E-state index in [1.807, 2.05) is 0 Å². The SMILES string of the molecule is O=C(OCC(=O)N1CCCCC1)c1ccc(Br)c([N+](=O)[O-])c1. The molecular weight excluding hydrogens is 356 g/mol. The average molecular weight is 371 g/mol. The summed E-state index contributed by atoms with van der Waals surface area (Å²) in [6.45, 7) is 1.02. The van der Waals surface area contributed by atoms with Gasteiger partial charge in [0.05, 0.1) is 15.0 Å². The third-order valence-electron chi connectivity index (χ3n) is 3.41. The quantitative estimate of drug-likeness (QED) is 0.461. The molecule has 118 valence electrons. The lowest BCUT2D eigenvalue weighted by atomic mass is 10.1. The summed E-state index contributed by atoms with van der Waals surface area (Å²) in [6.07, 6.45) is 3.02. The van der Waals surface area contributed by atoms with E-state index in [-0.39, 0.29) is 28.2 Å². The van der Waals surface area contributed by atoms with Crippen molar-refractivity contribution in [2.24, 2.45) is 0 Å². The van der Waals surface area contributed by atoms with Crippen LogP contribution in [-0.2, 0) is 9.53 Å². The summed E-state index contributed by atoms with van der Waals surface area (Å²) < 4.78 is 5.23. The normalized spacial score (nSPS) is 14.5. The van der Waals surface area contributed by atoms with Crippen LogP contribution in [0.4, 0.5) is 5.69 Å². The highest BCUT2D eigenvalue weighted by atomic mass is 79.9. The molecule has 0 saturated carbocycles. The molecule has 1 aliphatic rings. The van der Waals surface area contributed by atoms with Crippen LogP contribution < -0.4 is 0 Å². The summed E-state index contributed by atoms with van der Waals surface area (Å²) in [5.41, 5.74) is -0.182. The van der Waals surface area contributed by atoms with Crippen LogP contribution in [-0.4, -0.2) is 41.4 Å². The Labute approximate surface area is 135 Å². The Morgan fingerprint density at radius 1 is 1.27 bits per heavy atom. The van der Waals surface area contributed by atoms with Crippen LogP contribution in [0.15, 0.2) is 22.7 Å². The van der Waals surface area contributed by atoms with Crippen LogP contribution in [0.2, 0.25) is 0 Å². The van der Waals surface area contributed by atoms with Crippen molar-refractivity contribution in [2.75, 3.05) is 19.7 Å². The topological polar surface area (TPSA) is 89.8 Å². The molecule has 7 nitrogen and oxygen atoms in total. The molecule has 0 unspecified atom stereocenters. The van der Waals surface area contributed by atoms with Crippen molar-refractivity contribution in [1.82, 2.24) is 4.90 Å². The fourth-order valence-corrected chi connectivity index (χ4v) is 2.62. The van der Waals surface area contributed by atoms with Gasteiger partial charge in [-0.05, 0) is 47.3 Å². The molecule has 0 N–H and O–H groups in total. The minimum Gasteiger partial charge on any atom is -0.452 e. The smallest absolute Gasteiger partial charge is 0.338 e. The number of carbonyl (C=O) groups excluding carboxylic acids is 2. The van der Waals surface area contributed by atoms with Gasteiger partial charge in [-0.2, -0.15) is 0 Å². The van der Waals surface area contributed by atoms with Gasteiger partial charge in [0.1, 0.15) is 0 Å². The van der Waals surface area contributed by atoms with Gasteiger partial charge in [0.25, 0.3) is 11.6 Å². The number of hydrogen-bond acceptors (Lipinski definition) is 5. The Kier molecular flexibility index (Phi) is 5.48. The highest BCUT2D eigenvalue weighted by molar-refractivity contribution is 9.10. The Hall–Kier alpha value is -1.96. The number of esters is 1. The molecule has 0 aromatic heterocycles. The van der Waals surface area contributed by atoms with Gasteiger partial charge >= 0.3 is 5.97 Å². The summed E-state index contributed by atoms with van der Waals surface area (Å²) in [4.78, 5) is 35.7. The predicted octanol–water partition coefficient (Wildman–Crippen LogP) is 2.53. The number of carbonyl (C=O) groups is 2. The molecule has 1 saturated heterocycles. The van der Waals surface area contributed by atoms with Gasteiger partial charge in [-0.1, -0.05) is 0 Å². The largest absolute Gasteiger partial charge is 0.452 e. The van der Waals surface area contributed by atoms with E-state index >= 15 is 0 Å². The average Bonchev–Trinajstić information content (AvgIpc) is 2.53. The second-order valence-electron chi connectivity index (χ2n) is 4.94. The van der Waals surface area contributed by atoms with Crippen LogP contribution >= 0.6 is 15.9 Å². The molecular formula is C14H15BrN2O5. The molecule has 1 aromatic carbocycles. The maximum atomic E-state index is 11.9. The molecule has 8 heteroatoms. The van der Waals surface area contributed by atoms with Crippen LogP contribution in [0.1, 0.15) is 29.6 Å². The number of halogens is 1. The van der Waals surface area contributed by atoms with Crippen molar-refractivity contribution < 1.29 is 19.2 Å². The summed E-state index contributed by atoms with van der Waals surface area (Å²) in [6, 6.07) is 3.93. The first-order valence-corrected chi connectivity index (χ1v) is 7.67. The molecule has 0 atom stereocenters. The Balaban J connectivity index is 1.96. The first-order valence-electron chi connectivity index (χ1n) is 6.88. The number of nitro groups is 1. The lowest BCUT2D eigenvalue weighted by Gasteiger charge is -2.26. The monoisotopic (exact) mass is 370 g/mol. The van der Waals surface area contributed by atoms with Crippen molar-refractivity contribution in [1.29, 1.82) is 0 Å². The van der Waals surface area contributed by atoms with E-state index in [4.69, 9.17) is 4.74 Å². The summed E-state index contributed by atoms with van der Waals surface area (Å²) in [7, 11) is 0. The van der Waals surface area contributed by atoms with E-state index in [0.717, 1.165) is 25.3 Å². The standard InChI is InChI=1S/C14H15BrN2O5/c15-11-5-4-10(8-12(11)17(20)21)14(19)22-9-13(18)16-6-2-1-3-7-16/h4-5,8H,1-3,6-7,9H2. The number of piperidine rings is 1. The van der Waals surface area contributed by atoms with E-state index in [0.29, 0.717) is 13.1 Å². The van der Waals surface area contributed by atoms with E-state index in [1.54, 1.807) is 4.90 Å². The first-order chi connectivity index (χ1) is 10.5. The number of nitro benzene ring substituents is 1. The molecule has 0 bridgehead atoms. The van der Waals surface area contributed by atoms with Crippen LogP contribution in [0, 0.1) is 10.1 Å². The molecule has 0 spiro atoms. The second kappa shape index (κ2) is 7.35. The Morgan fingerprint density at radius 2 is 1.95 bits per heavy atom. The number of ether oxygens (including phenoxy) is 1. The van der Waals surface area contributed by atoms with Crippen molar-refractivity contribution in [2.45, 2.75) is 19.3 Å². The molecule has 0 aliphatic carbocycles. The maximum absolute atomic E-state index is 11.9. The predicted molar refractivity (Wildman–Crippen MR) is 81.5 cm³/mol. The third kappa shape index (κ3) is 4.03. The molecule has 2 rings (SSSR count). The zero-order valence-corrected chi connectivity index (χ0v) is 13.4. The number of nitrogens with zero attached hydrogens (tertiary/aromatic N) is 2. The minimum absolute atomic E-state index is 0.0429. The number of benzene rings is 1. The molecule has 1 amide bonds. The molecule has 1 fully saturated rings. The molecule has 1 aromatic rings. The van der Waals surface area contributed by atoms with Gasteiger partial charge in [-0.15, -0.1) is 0 Å². The van der Waals surface area contributed by atoms with Crippen molar-refractivity contribution in [3.8, 4) is 0 Å². The van der Waals surface area contributed by atoms with Gasteiger partial charge in [0.2, 0.25) is 0 Å². The van der Waals surface area contributed by atoms with Gasteiger partial charge in [-0.3, -0.25) is 14.9 Å². The third-order valence-corrected chi connectivity index (χ3v) is 4.08. The lowest BCUT2D eigenvalue weighted by molar-refractivity contribution is -0.385. The molecule has 0 radical (unpaired) electrons. The summed E-state index contributed by atoms with van der Waals surface area (Å²) in [5.74, 6) is -0.986. The van der Waals surface area contributed by atoms with Crippen molar-refractivity contribution in [3.05, 3.63) is 38.3 Å². The van der Waals surface area contributed by atoms with Gasteiger partial charge in [0, 0.05) is 19.2 Å². The van der Waals surface area contributed by atoms with E-state index in [9.17, 15) is 19.7 Å². The van der Waals surface area contributed by atoms with Crippen molar-refractivity contribution in [3.63, 3.8) is 0 Å². The van der Waals surface area contributed by atoms with Crippen LogP contribution in [0.3, 0.4) is 0 Å².